The number of hydrogen-bond acceptors (Lipinski definition) is 5. The molecule has 0 N–H and O–H groups in total. The van der Waals surface area contributed by atoms with E-state index in [-0.39, 0.29) is 10.8 Å². The lowest BCUT2D eigenvalue weighted by Gasteiger charge is -2.20. The van der Waals surface area contributed by atoms with Gasteiger partial charge in [0.1, 0.15) is 11.5 Å². The second-order valence-corrected chi connectivity index (χ2v) is 12.6. The highest BCUT2D eigenvalue weighted by Crippen LogP contribution is 2.39. The molecule has 4 aromatic heterocycles. The van der Waals surface area contributed by atoms with Gasteiger partial charge < -0.3 is 4.74 Å². The fraction of sp³-hybridized carbons (Fsp3) is 0.222. The lowest BCUT2D eigenvalue weighted by Crippen LogP contribution is -2.11. The molecular formula is C36H34N4O. The number of nitrogens with zero attached hydrogens (tertiary/aromatic N) is 4. The number of pyridine rings is 4. The Labute approximate surface area is 241 Å². The molecule has 0 bridgehead atoms. The van der Waals surface area contributed by atoms with Gasteiger partial charge in [-0.05, 0) is 93.4 Å². The van der Waals surface area contributed by atoms with E-state index in [9.17, 15) is 0 Å². The fourth-order valence-electron chi connectivity index (χ4n) is 5.02. The number of aromatic nitrogens is 4. The smallest absolute Gasteiger partial charge is 0.137 e. The Morgan fingerprint density at radius 1 is 0.512 bits per heavy atom. The van der Waals surface area contributed by atoms with Crippen LogP contribution in [0.25, 0.3) is 44.1 Å². The molecule has 0 amide bonds. The Bertz CT molecular complexity index is 1760. The number of fused-ring (bicyclic) bond motifs is 2. The third-order valence-electron chi connectivity index (χ3n) is 7.50. The summed E-state index contributed by atoms with van der Waals surface area (Å²) in [5.41, 5.74) is 6.29. The minimum absolute atomic E-state index is 0.0163. The summed E-state index contributed by atoms with van der Waals surface area (Å²) in [6.07, 6.45) is 11.1. The van der Waals surface area contributed by atoms with Crippen LogP contribution in [-0.2, 0) is 10.8 Å². The molecule has 0 aliphatic heterocycles. The quantitative estimate of drug-likeness (QED) is 0.224. The first-order valence-electron chi connectivity index (χ1n) is 13.9. The van der Waals surface area contributed by atoms with Crippen LogP contribution < -0.4 is 4.74 Å². The third-order valence-corrected chi connectivity index (χ3v) is 7.50. The summed E-state index contributed by atoms with van der Waals surface area (Å²) in [7, 11) is 0. The van der Waals surface area contributed by atoms with Crippen LogP contribution in [0.1, 0.15) is 52.7 Å². The maximum absolute atomic E-state index is 6.79. The Hall–Kier alpha value is -4.64. The number of rotatable bonds is 4. The molecule has 41 heavy (non-hydrogen) atoms. The predicted molar refractivity (Wildman–Crippen MR) is 167 cm³/mol. The lowest BCUT2D eigenvalue weighted by atomic mass is 9.87. The van der Waals surface area contributed by atoms with Crippen LogP contribution in [0.4, 0.5) is 0 Å². The summed E-state index contributed by atoms with van der Waals surface area (Å²) in [5.74, 6) is 1.43. The van der Waals surface area contributed by atoms with E-state index in [0.717, 1.165) is 44.1 Å². The molecule has 4 heterocycles. The Kier molecular flexibility index (Phi) is 6.53. The summed E-state index contributed by atoms with van der Waals surface area (Å²) < 4.78 is 6.79. The van der Waals surface area contributed by atoms with E-state index >= 15 is 0 Å². The van der Waals surface area contributed by atoms with Crippen molar-refractivity contribution in [3.05, 3.63) is 109 Å². The summed E-state index contributed by atoms with van der Waals surface area (Å²) in [4.78, 5) is 18.3. The van der Waals surface area contributed by atoms with Gasteiger partial charge in [-0.2, -0.15) is 0 Å². The largest absolute Gasteiger partial charge is 0.456 e. The molecule has 0 radical (unpaired) electrons. The lowest BCUT2D eigenvalue weighted by molar-refractivity contribution is 0.494. The molecule has 0 spiro atoms. The van der Waals surface area contributed by atoms with Gasteiger partial charge in [0.15, 0.2) is 0 Å². The van der Waals surface area contributed by atoms with E-state index in [1.54, 1.807) is 0 Å². The molecule has 0 atom stereocenters. The zero-order valence-electron chi connectivity index (χ0n) is 24.4. The molecule has 0 saturated carbocycles. The summed E-state index contributed by atoms with van der Waals surface area (Å²) in [6, 6.07) is 20.9. The molecule has 0 aliphatic carbocycles. The van der Waals surface area contributed by atoms with Crippen LogP contribution >= 0.6 is 0 Å². The highest BCUT2D eigenvalue weighted by molar-refractivity contribution is 5.95. The molecule has 5 heteroatoms. The van der Waals surface area contributed by atoms with E-state index in [2.05, 4.69) is 100 Å². The molecule has 5 nitrogen and oxygen atoms in total. The Morgan fingerprint density at radius 3 is 1.37 bits per heavy atom. The van der Waals surface area contributed by atoms with Crippen LogP contribution in [-0.4, -0.2) is 19.9 Å². The number of hydrogen-bond donors (Lipinski definition) is 0. The van der Waals surface area contributed by atoms with Crippen molar-refractivity contribution in [2.45, 2.75) is 52.4 Å². The second kappa shape index (κ2) is 10.1. The zero-order chi connectivity index (χ0) is 28.8. The molecular weight excluding hydrogens is 504 g/mol. The first-order valence-corrected chi connectivity index (χ1v) is 13.9. The third kappa shape index (κ3) is 5.40. The van der Waals surface area contributed by atoms with Gasteiger partial charge in [-0.3, -0.25) is 19.9 Å². The minimum Gasteiger partial charge on any atom is -0.456 e. The van der Waals surface area contributed by atoms with Gasteiger partial charge in [0.05, 0.1) is 11.4 Å². The van der Waals surface area contributed by atoms with Gasteiger partial charge in [-0.1, -0.05) is 41.5 Å². The monoisotopic (exact) mass is 538 g/mol. The van der Waals surface area contributed by atoms with Crippen LogP contribution in [0.5, 0.6) is 11.5 Å². The minimum atomic E-state index is 0.0163. The molecule has 6 aromatic rings. The van der Waals surface area contributed by atoms with Crippen LogP contribution in [0, 0.1) is 0 Å². The first-order chi connectivity index (χ1) is 19.6. The average molecular weight is 539 g/mol. The summed E-state index contributed by atoms with van der Waals surface area (Å²) in [5, 5.41) is 3.93. The van der Waals surface area contributed by atoms with Crippen molar-refractivity contribution in [2.75, 3.05) is 0 Å². The number of benzene rings is 2. The van der Waals surface area contributed by atoms with E-state index in [1.165, 1.54) is 11.1 Å². The first kappa shape index (κ1) is 26.6. The molecule has 0 aliphatic rings. The highest BCUT2D eigenvalue weighted by atomic mass is 16.5. The molecule has 0 saturated heterocycles. The average Bonchev–Trinajstić information content (AvgIpc) is 2.96. The predicted octanol–water partition coefficient (Wildman–Crippen LogP) is 9.29. The van der Waals surface area contributed by atoms with Crippen LogP contribution in [0.3, 0.4) is 0 Å². The summed E-state index contributed by atoms with van der Waals surface area (Å²) in [6.45, 7) is 13.3. The van der Waals surface area contributed by atoms with E-state index in [4.69, 9.17) is 14.7 Å². The topological polar surface area (TPSA) is 60.8 Å². The van der Waals surface area contributed by atoms with E-state index in [1.807, 2.05) is 49.3 Å². The zero-order valence-corrected chi connectivity index (χ0v) is 24.4. The maximum Gasteiger partial charge on any atom is 0.137 e. The highest BCUT2D eigenvalue weighted by Gasteiger charge is 2.18. The van der Waals surface area contributed by atoms with Crippen molar-refractivity contribution in [2.24, 2.45) is 0 Å². The second-order valence-electron chi connectivity index (χ2n) is 12.6. The normalized spacial score (nSPS) is 12.1. The molecule has 204 valence electrons. The van der Waals surface area contributed by atoms with Crippen molar-refractivity contribution in [3.63, 3.8) is 0 Å². The van der Waals surface area contributed by atoms with Gasteiger partial charge in [-0.25, -0.2) is 0 Å². The van der Waals surface area contributed by atoms with Crippen molar-refractivity contribution < 1.29 is 4.74 Å². The van der Waals surface area contributed by atoms with Gasteiger partial charge in [-0.15, -0.1) is 0 Å². The number of ether oxygens (including phenoxy) is 1. The van der Waals surface area contributed by atoms with Crippen molar-refractivity contribution in [1.82, 2.24) is 19.9 Å². The van der Waals surface area contributed by atoms with Crippen molar-refractivity contribution in [1.29, 1.82) is 0 Å². The van der Waals surface area contributed by atoms with Crippen molar-refractivity contribution in [3.8, 4) is 34.0 Å². The van der Waals surface area contributed by atoms with Crippen LogP contribution in [0.15, 0.2) is 97.8 Å². The molecule has 0 fully saturated rings. The van der Waals surface area contributed by atoms with E-state index < -0.39 is 0 Å². The standard InChI is InChI=1S/C36H34N4O/c1-35(2,3)27-9-13-39-31(19-27)25-15-23-7-11-37-21-29(23)33(17-25)41-34-18-26(16-24-8-12-38-22-30(24)34)32-20-28(10-14-40-32)36(4,5)6/h7-22H,1-6H3. The Balaban J connectivity index is 1.51. The van der Waals surface area contributed by atoms with Gasteiger partial charge in [0, 0.05) is 59.1 Å². The van der Waals surface area contributed by atoms with Crippen molar-refractivity contribution >= 4 is 21.5 Å². The Morgan fingerprint density at radius 2 is 0.951 bits per heavy atom. The van der Waals surface area contributed by atoms with Gasteiger partial charge in [0.2, 0.25) is 0 Å². The fourth-order valence-corrected chi connectivity index (χ4v) is 5.02. The molecule has 6 rings (SSSR count). The van der Waals surface area contributed by atoms with Crippen LogP contribution in [0.2, 0.25) is 0 Å². The SMILES string of the molecule is CC(C)(C)c1ccnc(-c2cc(Oc3cc(-c4cc(C(C)(C)C)ccn4)cc4ccncc34)c3cnccc3c2)c1. The summed E-state index contributed by atoms with van der Waals surface area (Å²) >= 11 is 0. The molecule has 2 aromatic carbocycles. The van der Waals surface area contributed by atoms with E-state index in [0.29, 0.717) is 11.5 Å². The molecule has 0 unspecified atom stereocenters. The van der Waals surface area contributed by atoms with Gasteiger partial charge >= 0.3 is 0 Å². The van der Waals surface area contributed by atoms with Gasteiger partial charge in [0.25, 0.3) is 0 Å². The maximum atomic E-state index is 6.79.